The minimum atomic E-state index is -1.29. The molecule has 4 aromatic rings. The van der Waals surface area contributed by atoms with Crippen molar-refractivity contribution in [1.82, 2.24) is 9.88 Å². The van der Waals surface area contributed by atoms with Crippen molar-refractivity contribution in [1.29, 1.82) is 0 Å². The lowest BCUT2D eigenvalue weighted by Crippen LogP contribution is -2.37. The number of fused-ring (bicyclic) bond motifs is 1. The van der Waals surface area contributed by atoms with Crippen LogP contribution in [0.1, 0.15) is 25.7 Å². The van der Waals surface area contributed by atoms with Crippen LogP contribution in [0.5, 0.6) is 23.0 Å². The standard InChI is InChI=1S/C34H34F2N4O6.C4H7NO4/c1-43-30-20-25-27(21-31(30)45-16-2-13-40-14-17-44-18-15-40)37-12-9-28(25)46-29-8-7-24(19-26(29)36)39-33(42)34(10-11-34)32(41)38-23-5-3-22(35)4-6-23;5-2(4(8)9)1-3(6)7/h3-9,12,19-21H,2,10-11,13-18H2,1H3,(H,38,41)(H,39,42);2H,1,5H2,(H,6,7)(H,8,9). The number of rotatable bonds is 15. The van der Waals surface area contributed by atoms with Crippen LogP contribution in [0, 0.1) is 17.0 Å². The van der Waals surface area contributed by atoms with E-state index in [1.165, 1.54) is 36.4 Å². The van der Waals surface area contributed by atoms with E-state index in [1.807, 2.05) is 0 Å². The molecule has 1 aromatic heterocycles. The normalized spacial score (nSPS) is 15.1. The van der Waals surface area contributed by atoms with Gasteiger partial charge in [0.05, 0.1) is 38.9 Å². The van der Waals surface area contributed by atoms with Gasteiger partial charge < -0.3 is 45.5 Å². The van der Waals surface area contributed by atoms with Crippen molar-refractivity contribution in [3.63, 3.8) is 0 Å². The van der Waals surface area contributed by atoms with Crippen LogP contribution in [0.15, 0.2) is 66.9 Å². The van der Waals surface area contributed by atoms with E-state index in [0.717, 1.165) is 45.3 Å². The molecule has 2 aliphatic rings. The third-order valence-electron chi connectivity index (χ3n) is 8.81. The van der Waals surface area contributed by atoms with Gasteiger partial charge in [0, 0.05) is 54.7 Å². The monoisotopic (exact) mass is 765 g/mol. The number of pyridine rings is 1. The summed E-state index contributed by atoms with van der Waals surface area (Å²) in [6, 6.07) is 13.1. The highest BCUT2D eigenvalue weighted by atomic mass is 19.1. The van der Waals surface area contributed by atoms with E-state index in [4.69, 9.17) is 34.9 Å². The van der Waals surface area contributed by atoms with Gasteiger partial charge in [-0.15, -0.1) is 0 Å². The molecule has 15 nitrogen and oxygen atoms in total. The van der Waals surface area contributed by atoms with Crippen LogP contribution in [0.25, 0.3) is 10.9 Å². The van der Waals surface area contributed by atoms with Gasteiger partial charge in [-0.25, -0.2) is 8.78 Å². The Morgan fingerprint density at radius 3 is 2.18 bits per heavy atom. The van der Waals surface area contributed by atoms with E-state index in [2.05, 4.69) is 20.5 Å². The van der Waals surface area contributed by atoms with E-state index in [0.29, 0.717) is 53.3 Å². The first kappa shape index (κ1) is 40.3. The number of aromatic nitrogens is 1. The summed E-state index contributed by atoms with van der Waals surface area (Å²) < 4.78 is 51.4. The average Bonchev–Trinajstić information content (AvgIpc) is 3.98. The fraction of sp³-hybridized carbons (Fsp3) is 0.342. The average molecular weight is 766 g/mol. The van der Waals surface area contributed by atoms with Crippen molar-refractivity contribution < 1.29 is 57.1 Å². The van der Waals surface area contributed by atoms with Crippen molar-refractivity contribution >= 4 is 46.0 Å². The minimum Gasteiger partial charge on any atom is -0.493 e. The molecule has 1 saturated carbocycles. The zero-order valence-corrected chi connectivity index (χ0v) is 29.9. The summed E-state index contributed by atoms with van der Waals surface area (Å²) in [7, 11) is 1.55. The molecule has 55 heavy (non-hydrogen) atoms. The molecule has 1 saturated heterocycles. The van der Waals surface area contributed by atoms with Crippen molar-refractivity contribution in [2.75, 3.05) is 57.2 Å². The highest BCUT2D eigenvalue weighted by molar-refractivity contribution is 6.16. The SMILES string of the molecule is COc1cc2c(Oc3ccc(NC(=O)C4(C(=O)Nc5ccc(F)cc5)CC4)cc3F)ccnc2cc1OCCCN1CCOCC1.NC(CC(=O)O)C(=O)O. The Kier molecular flexibility index (Phi) is 13.5. The van der Waals surface area contributed by atoms with Gasteiger partial charge in [0.15, 0.2) is 23.1 Å². The molecule has 1 atom stereocenters. The Labute approximate surface area is 314 Å². The molecule has 3 aromatic carbocycles. The first-order valence-electron chi connectivity index (χ1n) is 17.3. The molecule has 292 valence electrons. The number of hydrogen-bond donors (Lipinski definition) is 5. The number of ether oxygens (including phenoxy) is 4. The van der Waals surface area contributed by atoms with Gasteiger partial charge >= 0.3 is 11.9 Å². The number of hydrogen-bond acceptors (Lipinski definition) is 11. The summed E-state index contributed by atoms with van der Waals surface area (Å²) in [6.45, 7) is 4.76. The molecule has 0 spiro atoms. The molecule has 2 amide bonds. The first-order valence-corrected chi connectivity index (χ1v) is 17.3. The fourth-order valence-corrected chi connectivity index (χ4v) is 5.56. The van der Waals surface area contributed by atoms with Gasteiger partial charge in [-0.3, -0.25) is 29.1 Å². The Morgan fingerprint density at radius 1 is 0.909 bits per heavy atom. The van der Waals surface area contributed by atoms with E-state index < -0.39 is 53.3 Å². The molecular weight excluding hydrogens is 724 g/mol. The van der Waals surface area contributed by atoms with Crippen molar-refractivity contribution in [2.24, 2.45) is 11.1 Å². The summed E-state index contributed by atoms with van der Waals surface area (Å²) in [5, 5.41) is 21.9. The lowest BCUT2D eigenvalue weighted by molar-refractivity contribution is -0.144. The molecule has 6 rings (SSSR count). The number of carbonyl (C=O) groups excluding carboxylic acids is 2. The van der Waals surface area contributed by atoms with Gasteiger partial charge in [-0.05, 0) is 67.8 Å². The number of carbonyl (C=O) groups is 4. The van der Waals surface area contributed by atoms with Crippen LogP contribution < -0.4 is 30.6 Å². The Hall–Kier alpha value is -5.91. The van der Waals surface area contributed by atoms with E-state index in [9.17, 15) is 23.6 Å². The largest absolute Gasteiger partial charge is 0.493 e. The molecular formula is C38H41F2N5O10. The van der Waals surface area contributed by atoms with Gasteiger partial charge in [-0.1, -0.05) is 0 Å². The van der Waals surface area contributed by atoms with E-state index in [1.54, 1.807) is 31.5 Å². The number of benzene rings is 3. The number of nitrogens with two attached hydrogens (primary N) is 1. The van der Waals surface area contributed by atoms with Crippen molar-refractivity contribution in [3.05, 3.63) is 78.5 Å². The number of amides is 2. The summed E-state index contributed by atoms with van der Waals surface area (Å²) in [5.41, 5.74) is 4.69. The zero-order valence-electron chi connectivity index (χ0n) is 29.9. The maximum absolute atomic E-state index is 15.2. The number of aliphatic carboxylic acids is 2. The third-order valence-corrected chi connectivity index (χ3v) is 8.81. The number of anilines is 2. The maximum atomic E-state index is 15.2. The minimum absolute atomic E-state index is 0.0666. The molecule has 1 aliphatic carbocycles. The van der Waals surface area contributed by atoms with Crippen molar-refractivity contribution in [2.45, 2.75) is 31.7 Å². The second kappa shape index (κ2) is 18.4. The quantitative estimate of drug-likeness (QED) is 0.0826. The predicted octanol–water partition coefficient (Wildman–Crippen LogP) is 4.65. The van der Waals surface area contributed by atoms with Crippen LogP contribution in [-0.4, -0.2) is 96.5 Å². The number of carboxylic acid groups (broad SMARTS) is 2. The van der Waals surface area contributed by atoms with E-state index >= 15 is 4.39 Å². The molecule has 6 N–H and O–H groups in total. The van der Waals surface area contributed by atoms with Gasteiger partial charge in [0.1, 0.15) is 23.0 Å². The smallest absolute Gasteiger partial charge is 0.321 e. The van der Waals surface area contributed by atoms with E-state index in [-0.39, 0.29) is 11.4 Å². The Balaban J connectivity index is 0.000000574. The van der Waals surface area contributed by atoms with Crippen molar-refractivity contribution in [3.8, 4) is 23.0 Å². The van der Waals surface area contributed by atoms with Crippen LogP contribution in [0.4, 0.5) is 20.2 Å². The highest BCUT2D eigenvalue weighted by Gasteiger charge is 2.56. The highest BCUT2D eigenvalue weighted by Crippen LogP contribution is 2.47. The van der Waals surface area contributed by atoms with Crippen LogP contribution in [0.3, 0.4) is 0 Å². The second-order valence-corrected chi connectivity index (χ2v) is 12.8. The number of nitrogens with zero attached hydrogens (tertiary/aromatic N) is 2. The molecule has 1 unspecified atom stereocenters. The van der Waals surface area contributed by atoms with Crippen LogP contribution in [0.2, 0.25) is 0 Å². The van der Waals surface area contributed by atoms with Gasteiger partial charge in [-0.2, -0.15) is 0 Å². The third kappa shape index (κ3) is 10.8. The lowest BCUT2D eigenvalue weighted by Gasteiger charge is -2.26. The van der Waals surface area contributed by atoms with Gasteiger partial charge in [0.2, 0.25) is 11.8 Å². The number of halogens is 2. The molecule has 1 aliphatic heterocycles. The molecule has 2 heterocycles. The fourth-order valence-electron chi connectivity index (χ4n) is 5.56. The molecule has 0 bridgehead atoms. The summed E-state index contributed by atoms with van der Waals surface area (Å²) in [5.74, 6) is -3.37. The molecule has 2 fully saturated rings. The summed E-state index contributed by atoms with van der Waals surface area (Å²) >= 11 is 0. The number of morpholine rings is 1. The number of nitrogens with one attached hydrogen (secondary N) is 2. The topological polar surface area (TPSA) is 212 Å². The predicted molar refractivity (Wildman–Crippen MR) is 195 cm³/mol. The molecule has 17 heteroatoms. The van der Waals surface area contributed by atoms with Gasteiger partial charge in [0.25, 0.3) is 0 Å². The number of carboxylic acids is 2. The van der Waals surface area contributed by atoms with Crippen LogP contribution >= 0.6 is 0 Å². The van der Waals surface area contributed by atoms with Crippen LogP contribution in [-0.2, 0) is 23.9 Å². The lowest BCUT2D eigenvalue weighted by atomic mass is 10.0. The molecule has 0 radical (unpaired) electrons. The maximum Gasteiger partial charge on any atom is 0.321 e. The Bertz CT molecular complexity index is 2010. The zero-order chi connectivity index (χ0) is 39.5. The number of methoxy groups -OCH3 is 1. The first-order chi connectivity index (χ1) is 26.4. The second-order valence-electron chi connectivity index (χ2n) is 12.8. The Morgan fingerprint density at radius 2 is 1.58 bits per heavy atom. The summed E-state index contributed by atoms with van der Waals surface area (Å²) in [4.78, 5) is 52.3. The summed E-state index contributed by atoms with van der Waals surface area (Å²) in [6.07, 6.45) is 2.56.